The summed E-state index contributed by atoms with van der Waals surface area (Å²) in [6.45, 7) is 1.55. The fourth-order valence-electron chi connectivity index (χ4n) is 1.61. The average Bonchev–Trinajstić information content (AvgIpc) is 2.92. The molecule has 0 aliphatic rings. The third-order valence-corrected chi connectivity index (χ3v) is 6.09. The van der Waals surface area contributed by atoms with Crippen LogP contribution in [0.4, 0.5) is 0 Å². The minimum atomic E-state index is -0.819. The predicted octanol–water partition coefficient (Wildman–Crippen LogP) is 3.37. The molecule has 6 nitrogen and oxygen atoms in total. The molecule has 0 fully saturated rings. The van der Waals surface area contributed by atoms with Gasteiger partial charge in [-0.2, -0.15) is 5.26 Å². The highest BCUT2D eigenvalue weighted by Crippen LogP contribution is 2.32. The van der Waals surface area contributed by atoms with Gasteiger partial charge in [-0.3, -0.25) is 20.4 Å². The quantitative estimate of drug-likeness (QED) is 0.667. The molecule has 2 N–H and O–H groups in total. The maximum atomic E-state index is 12.0. The lowest BCUT2D eigenvalue weighted by Crippen LogP contribution is -2.47. The van der Waals surface area contributed by atoms with Gasteiger partial charge in [0, 0.05) is 4.47 Å². The number of hydrogen-bond acceptors (Lipinski definition) is 5. The number of nitrogens with one attached hydrogen (secondary N) is 2. The molecule has 2 amide bonds. The van der Waals surface area contributed by atoms with Gasteiger partial charge in [-0.25, -0.2) is 0 Å². The monoisotopic (exact) mass is 471 g/mol. The Morgan fingerprint density at radius 1 is 1.25 bits per heavy atom. The van der Waals surface area contributed by atoms with Gasteiger partial charge in [0.1, 0.15) is 5.75 Å². The predicted molar refractivity (Wildman–Crippen MR) is 96.6 cm³/mol. The number of amides is 2. The fraction of sp³-hybridized carbons (Fsp3) is 0.133. The number of nitriles is 1. The smallest absolute Gasteiger partial charge is 0.279 e. The van der Waals surface area contributed by atoms with Gasteiger partial charge >= 0.3 is 0 Å². The van der Waals surface area contributed by atoms with Crippen molar-refractivity contribution >= 4 is 55.0 Å². The van der Waals surface area contributed by atoms with Crippen molar-refractivity contribution in [3.05, 3.63) is 49.0 Å². The van der Waals surface area contributed by atoms with Crippen molar-refractivity contribution in [2.24, 2.45) is 0 Å². The maximum Gasteiger partial charge on any atom is 0.279 e. The average molecular weight is 473 g/mol. The molecule has 1 heterocycles. The zero-order valence-corrected chi connectivity index (χ0v) is 16.3. The third-order valence-electron chi connectivity index (χ3n) is 2.83. The lowest BCUT2D eigenvalue weighted by Gasteiger charge is -2.14. The molecule has 1 aromatic heterocycles. The number of hydrogen-bond donors (Lipinski definition) is 2. The molecule has 2 rings (SSSR count). The molecule has 24 heavy (non-hydrogen) atoms. The molecule has 0 aliphatic heterocycles. The van der Waals surface area contributed by atoms with Gasteiger partial charge in [0.05, 0.1) is 20.3 Å². The van der Waals surface area contributed by atoms with Gasteiger partial charge in [0.25, 0.3) is 11.8 Å². The number of halogens is 2. The van der Waals surface area contributed by atoms with Crippen molar-refractivity contribution in [3.8, 4) is 11.8 Å². The van der Waals surface area contributed by atoms with E-state index in [-0.39, 0.29) is 0 Å². The van der Waals surface area contributed by atoms with E-state index >= 15 is 0 Å². The van der Waals surface area contributed by atoms with Gasteiger partial charge in [-0.1, -0.05) is 0 Å². The second kappa shape index (κ2) is 8.28. The molecule has 0 unspecified atom stereocenters. The fourth-order valence-corrected chi connectivity index (χ4v) is 3.54. The molecule has 0 spiro atoms. The second-order valence-electron chi connectivity index (χ2n) is 4.57. The molecule has 0 bridgehead atoms. The molecule has 1 atom stereocenters. The summed E-state index contributed by atoms with van der Waals surface area (Å²) in [5.74, 6) is -0.471. The molecule has 0 radical (unpaired) electrons. The Morgan fingerprint density at radius 2 is 1.92 bits per heavy atom. The van der Waals surface area contributed by atoms with E-state index in [1.807, 2.05) is 6.07 Å². The molecule has 124 valence electrons. The number of nitrogens with zero attached hydrogens (tertiary/aromatic N) is 1. The van der Waals surface area contributed by atoms with Crippen molar-refractivity contribution in [1.82, 2.24) is 10.9 Å². The summed E-state index contributed by atoms with van der Waals surface area (Å²) in [7, 11) is 0. The van der Waals surface area contributed by atoms with Crippen molar-refractivity contribution in [1.29, 1.82) is 5.26 Å². The van der Waals surface area contributed by atoms with Crippen molar-refractivity contribution in [3.63, 3.8) is 0 Å². The van der Waals surface area contributed by atoms with Gasteiger partial charge < -0.3 is 4.74 Å². The summed E-state index contributed by atoms with van der Waals surface area (Å²) in [6, 6.07) is 10.0. The molecular weight excluding hydrogens is 462 g/mol. The van der Waals surface area contributed by atoms with E-state index in [0.29, 0.717) is 16.2 Å². The van der Waals surface area contributed by atoms with Crippen molar-refractivity contribution in [2.45, 2.75) is 13.0 Å². The van der Waals surface area contributed by atoms with Crippen LogP contribution < -0.4 is 15.6 Å². The van der Waals surface area contributed by atoms with Crippen LogP contribution in [0.3, 0.4) is 0 Å². The van der Waals surface area contributed by atoms with E-state index in [9.17, 15) is 9.59 Å². The van der Waals surface area contributed by atoms with Gasteiger partial charge in [0.15, 0.2) is 6.10 Å². The highest BCUT2D eigenvalue weighted by Gasteiger charge is 2.17. The number of ether oxygens (including phenoxy) is 1. The number of rotatable bonds is 4. The first-order valence-electron chi connectivity index (χ1n) is 6.62. The van der Waals surface area contributed by atoms with Crippen LogP contribution in [0.5, 0.6) is 5.75 Å². The standard InChI is InChI=1S/C15H11Br2N3O3S/c1-8(23-10-4-2-9(7-18)3-5-10)14(21)19-20-15(22)12-6-11(16)13(17)24-12/h2-6,8H,1H3,(H,19,21)(H,20,22)/t8-/m1/s1. The number of hydrazine groups is 1. The topological polar surface area (TPSA) is 91.2 Å². The summed E-state index contributed by atoms with van der Waals surface area (Å²) in [5, 5.41) is 8.73. The molecule has 9 heteroatoms. The maximum absolute atomic E-state index is 12.0. The zero-order valence-electron chi connectivity index (χ0n) is 12.3. The van der Waals surface area contributed by atoms with Crippen molar-refractivity contribution < 1.29 is 14.3 Å². The molecule has 1 aromatic carbocycles. The Bertz CT molecular complexity index is 780. The summed E-state index contributed by atoms with van der Waals surface area (Å²) < 4.78 is 7.01. The van der Waals surface area contributed by atoms with Crippen LogP contribution in [0.15, 0.2) is 38.6 Å². The van der Waals surface area contributed by atoms with E-state index in [0.717, 1.165) is 8.26 Å². The summed E-state index contributed by atoms with van der Waals surface area (Å²) in [6.07, 6.45) is -0.819. The highest BCUT2D eigenvalue weighted by atomic mass is 79.9. The molecule has 0 saturated heterocycles. The Hall–Kier alpha value is -1.89. The molecular formula is C15H11Br2N3O3S. The molecule has 0 saturated carbocycles. The van der Waals surface area contributed by atoms with Gasteiger partial charge in [-0.15, -0.1) is 11.3 Å². The normalized spacial score (nSPS) is 11.2. The van der Waals surface area contributed by atoms with Gasteiger partial charge in [0.2, 0.25) is 0 Å². The van der Waals surface area contributed by atoms with E-state index < -0.39 is 17.9 Å². The second-order valence-corrected chi connectivity index (χ2v) is 7.80. The summed E-state index contributed by atoms with van der Waals surface area (Å²) in [4.78, 5) is 24.3. The van der Waals surface area contributed by atoms with Crippen LogP contribution in [-0.4, -0.2) is 17.9 Å². The van der Waals surface area contributed by atoms with Crippen LogP contribution in [0.1, 0.15) is 22.2 Å². The van der Waals surface area contributed by atoms with Crippen LogP contribution in [0.2, 0.25) is 0 Å². The Balaban J connectivity index is 1.87. The molecule has 2 aromatic rings. The third kappa shape index (κ3) is 4.80. The number of benzene rings is 1. The van der Waals surface area contributed by atoms with E-state index in [2.05, 4.69) is 42.7 Å². The number of carbonyl (C=O) groups is 2. The van der Waals surface area contributed by atoms with Crippen molar-refractivity contribution in [2.75, 3.05) is 0 Å². The van der Waals surface area contributed by atoms with Crippen LogP contribution in [-0.2, 0) is 4.79 Å². The zero-order chi connectivity index (χ0) is 17.7. The first kappa shape index (κ1) is 18.4. The molecule has 0 aliphatic carbocycles. The van der Waals surface area contributed by atoms with E-state index in [1.54, 1.807) is 37.3 Å². The SMILES string of the molecule is C[C@@H](Oc1ccc(C#N)cc1)C(=O)NNC(=O)c1cc(Br)c(Br)s1. The Labute approximate surface area is 159 Å². The first-order chi connectivity index (χ1) is 11.4. The van der Waals surface area contributed by atoms with E-state index in [4.69, 9.17) is 10.00 Å². The largest absolute Gasteiger partial charge is 0.481 e. The Kier molecular flexibility index (Phi) is 6.36. The number of carbonyl (C=O) groups excluding carboxylic acids is 2. The van der Waals surface area contributed by atoms with Crippen LogP contribution in [0, 0.1) is 11.3 Å². The summed E-state index contributed by atoms with van der Waals surface area (Å²) >= 11 is 7.83. The Morgan fingerprint density at radius 3 is 2.46 bits per heavy atom. The van der Waals surface area contributed by atoms with Crippen LogP contribution in [0.25, 0.3) is 0 Å². The van der Waals surface area contributed by atoms with E-state index in [1.165, 1.54) is 11.3 Å². The number of thiophene rings is 1. The van der Waals surface area contributed by atoms with Crippen LogP contribution >= 0.6 is 43.2 Å². The lowest BCUT2D eigenvalue weighted by molar-refractivity contribution is -0.128. The minimum absolute atomic E-state index is 0.426. The summed E-state index contributed by atoms with van der Waals surface area (Å²) in [5.41, 5.74) is 5.14. The minimum Gasteiger partial charge on any atom is -0.481 e. The lowest BCUT2D eigenvalue weighted by atomic mass is 10.2. The van der Waals surface area contributed by atoms with Gasteiger partial charge in [-0.05, 0) is 69.1 Å². The highest BCUT2D eigenvalue weighted by molar-refractivity contribution is 9.13. The first-order valence-corrected chi connectivity index (χ1v) is 9.03.